The van der Waals surface area contributed by atoms with Crippen LogP contribution in [0.25, 0.3) is 11.1 Å². The van der Waals surface area contributed by atoms with Crippen molar-refractivity contribution in [3.8, 4) is 11.1 Å². The fraction of sp³-hybridized carbons (Fsp3) is 0.389. The van der Waals surface area contributed by atoms with Gasteiger partial charge in [-0.3, -0.25) is 5.73 Å². The van der Waals surface area contributed by atoms with Crippen LogP contribution in [0.1, 0.15) is 53.9 Å². The largest absolute Gasteiger partial charge is 0.449 e. The van der Waals surface area contributed by atoms with Crippen molar-refractivity contribution >= 4 is 17.6 Å². The van der Waals surface area contributed by atoms with E-state index in [-0.39, 0.29) is 12.5 Å². The molecule has 2 aromatic heterocycles. The number of carbonyl (C=O) groups excluding carboxylic acids is 1. The zero-order chi connectivity index (χ0) is 30.8. The van der Waals surface area contributed by atoms with Crippen LogP contribution in [0.3, 0.4) is 0 Å². The maximum atomic E-state index is 13.3. The standard InChI is InChI=1S/C36H43N5O3/c1-5-43-35(42)41-27(4)24-31(28-10-7-6-8-11-28)34(41)36(37)32(12-9-21-44-36)29-13-15-30(16-14-29)39-17-19-40(20-18-39)33-23-25(2)22-26(3)38-33/h6-8,10-11,13-16,22-24,32H,5,9,12,17-21,37H2,1-4H3. The zero-order valence-corrected chi connectivity index (χ0v) is 26.3. The van der Waals surface area contributed by atoms with Gasteiger partial charge in [-0.1, -0.05) is 42.5 Å². The molecule has 2 aliphatic rings. The third-order valence-electron chi connectivity index (χ3n) is 8.93. The van der Waals surface area contributed by atoms with Crippen molar-refractivity contribution in [2.24, 2.45) is 5.73 Å². The van der Waals surface area contributed by atoms with Crippen molar-refractivity contribution in [3.63, 3.8) is 0 Å². The predicted octanol–water partition coefficient (Wildman–Crippen LogP) is 6.51. The summed E-state index contributed by atoms with van der Waals surface area (Å²) >= 11 is 0. The van der Waals surface area contributed by atoms with E-state index >= 15 is 0 Å². The number of nitrogens with two attached hydrogens (primary N) is 1. The van der Waals surface area contributed by atoms with Crippen molar-refractivity contribution in [2.45, 2.75) is 52.2 Å². The van der Waals surface area contributed by atoms with E-state index in [2.05, 4.69) is 60.0 Å². The Kier molecular flexibility index (Phi) is 8.47. The van der Waals surface area contributed by atoms with Gasteiger partial charge in [0.2, 0.25) is 0 Å². The average molecular weight is 594 g/mol. The number of ether oxygens (including phenoxy) is 2. The first kappa shape index (κ1) is 29.9. The lowest BCUT2D eigenvalue weighted by molar-refractivity contribution is -0.100. The van der Waals surface area contributed by atoms with Gasteiger partial charge in [-0.25, -0.2) is 14.3 Å². The first-order valence-electron chi connectivity index (χ1n) is 15.7. The van der Waals surface area contributed by atoms with Gasteiger partial charge in [-0.2, -0.15) is 0 Å². The predicted molar refractivity (Wildman–Crippen MR) is 175 cm³/mol. The summed E-state index contributed by atoms with van der Waals surface area (Å²) in [6.07, 6.45) is 1.29. The number of nitrogens with zero attached hydrogens (tertiary/aromatic N) is 4. The summed E-state index contributed by atoms with van der Waals surface area (Å²) in [6.45, 7) is 12.4. The van der Waals surface area contributed by atoms with E-state index in [4.69, 9.17) is 20.2 Å². The molecule has 0 spiro atoms. The van der Waals surface area contributed by atoms with Gasteiger partial charge in [0.25, 0.3) is 0 Å². The van der Waals surface area contributed by atoms with Gasteiger partial charge < -0.3 is 19.3 Å². The van der Waals surface area contributed by atoms with Gasteiger partial charge in [-0.05, 0) is 87.6 Å². The minimum absolute atomic E-state index is 0.150. The number of aromatic nitrogens is 2. The van der Waals surface area contributed by atoms with Gasteiger partial charge >= 0.3 is 6.09 Å². The van der Waals surface area contributed by atoms with E-state index in [1.807, 2.05) is 50.2 Å². The molecule has 4 heterocycles. The Morgan fingerprint density at radius 2 is 1.68 bits per heavy atom. The Morgan fingerprint density at radius 1 is 0.977 bits per heavy atom. The number of pyridine rings is 1. The van der Waals surface area contributed by atoms with E-state index in [1.54, 1.807) is 4.57 Å². The molecular weight excluding hydrogens is 550 g/mol. The van der Waals surface area contributed by atoms with Crippen LogP contribution in [-0.2, 0) is 15.2 Å². The molecule has 0 aliphatic carbocycles. The van der Waals surface area contributed by atoms with Gasteiger partial charge in [-0.15, -0.1) is 0 Å². The molecule has 6 rings (SSSR count). The van der Waals surface area contributed by atoms with Crippen LogP contribution in [0.4, 0.5) is 16.3 Å². The fourth-order valence-electron chi connectivity index (χ4n) is 6.87. The fourth-order valence-corrected chi connectivity index (χ4v) is 6.87. The summed E-state index contributed by atoms with van der Waals surface area (Å²) < 4.78 is 13.6. The Hall–Kier alpha value is -4.14. The van der Waals surface area contributed by atoms with Gasteiger partial charge in [0.05, 0.1) is 12.3 Å². The second-order valence-electron chi connectivity index (χ2n) is 12.0. The normalized spacial score (nSPS) is 20.5. The summed E-state index contributed by atoms with van der Waals surface area (Å²) in [4.78, 5) is 22.9. The molecule has 8 nitrogen and oxygen atoms in total. The number of anilines is 2. The van der Waals surface area contributed by atoms with Crippen molar-refractivity contribution in [3.05, 3.63) is 101 Å². The van der Waals surface area contributed by atoms with Crippen molar-refractivity contribution in [1.82, 2.24) is 9.55 Å². The molecule has 8 heteroatoms. The highest BCUT2D eigenvalue weighted by molar-refractivity contribution is 5.79. The maximum Gasteiger partial charge on any atom is 0.418 e. The van der Waals surface area contributed by atoms with Crippen molar-refractivity contribution < 1.29 is 14.3 Å². The molecule has 2 saturated heterocycles. The molecule has 0 amide bonds. The number of piperazine rings is 1. The van der Waals surface area contributed by atoms with Crippen LogP contribution in [-0.4, -0.2) is 55.0 Å². The molecule has 230 valence electrons. The highest BCUT2D eigenvalue weighted by Gasteiger charge is 2.46. The monoisotopic (exact) mass is 593 g/mol. The molecular formula is C36H43N5O3. The second kappa shape index (κ2) is 12.5. The molecule has 4 aromatic rings. The van der Waals surface area contributed by atoms with Crippen molar-refractivity contribution in [1.29, 1.82) is 0 Å². The number of benzene rings is 2. The SMILES string of the molecule is CCOC(=O)n1c(C)cc(-c2ccccc2)c1C1(N)OCCCC1c1ccc(N2CCN(c3cc(C)cc(C)n3)CC2)cc1. The lowest BCUT2D eigenvalue weighted by Crippen LogP contribution is -2.50. The maximum absolute atomic E-state index is 13.3. The molecule has 2 aromatic carbocycles. The lowest BCUT2D eigenvalue weighted by atomic mass is 9.79. The number of aryl methyl sites for hydroxylation is 3. The Balaban J connectivity index is 1.29. The Labute approximate surface area is 260 Å². The third kappa shape index (κ3) is 5.72. The van der Waals surface area contributed by atoms with Crippen LogP contribution < -0.4 is 15.5 Å². The summed E-state index contributed by atoms with van der Waals surface area (Å²) in [5, 5.41) is 0. The van der Waals surface area contributed by atoms with Crippen LogP contribution in [0.15, 0.2) is 72.8 Å². The van der Waals surface area contributed by atoms with E-state index in [0.717, 1.165) is 72.9 Å². The van der Waals surface area contributed by atoms with E-state index in [9.17, 15) is 4.79 Å². The smallest absolute Gasteiger partial charge is 0.418 e. The van der Waals surface area contributed by atoms with Crippen molar-refractivity contribution in [2.75, 3.05) is 49.2 Å². The van der Waals surface area contributed by atoms with E-state index < -0.39 is 11.8 Å². The molecule has 2 N–H and O–H groups in total. The van der Waals surface area contributed by atoms with Crippen LogP contribution >= 0.6 is 0 Å². The average Bonchev–Trinajstić information content (AvgIpc) is 3.39. The zero-order valence-electron chi connectivity index (χ0n) is 26.3. The first-order valence-corrected chi connectivity index (χ1v) is 15.7. The molecule has 2 aliphatic heterocycles. The molecule has 0 saturated carbocycles. The molecule has 2 fully saturated rings. The molecule has 0 radical (unpaired) electrons. The van der Waals surface area contributed by atoms with Crippen LogP contribution in [0.5, 0.6) is 0 Å². The summed E-state index contributed by atoms with van der Waals surface area (Å²) in [5.41, 5.74) is 14.0. The quantitative estimate of drug-likeness (QED) is 0.273. The van der Waals surface area contributed by atoms with Gasteiger partial charge in [0.1, 0.15) is 5.82 Å². The van der Waals surface area contributed by atoms with E-state index in [1.165, 1.54) is 11.3 Å². The van der Waals surface area contributed by atoms with E-state index in [0.29, 0.717) is 12.3 Å². The summed E-state index contributed by atoms with van der Waals surface area (Å²) in [7, 11) is 0. The molecule has 44 heavy (non-hydrogen) atoms. The minimum atomic E-state index is -1.23. The first-order chi connectivity index (χ1) is 21.3. The molecule has 2 atom stereocenters. The minimum Gasteiger partial charge on any atom is -0.449 e. The Bertz CT molecular complexity index is 1590. The summed E-state index contributed by atoms with van der Waals surface area (Å²) in [6, 6.07) is 25.1. The molecule has 2 unspecified atom stereocenters. The number of hydrogen-bond donors (Lipinski definition) is 1. The van der Waals surface area contributed by atoms with Crippen LogP contribution in [0, 0.1) is 20.8 Å². The number of hydrogen-bond acceptors (Lipinski definition) is 7. The highest BCUT2D eigenvalue weighted by Crippen LogP contribution is 2.47. The lowest BCUT2D eigenvalue weighted by Gasteiger charge is -2.42. The number of carbonyl (C=O) groups is 1. The topological polar surface area (TPSA) is 85.8 Å². The van der Waals surface area contributed by atoms with Gasteiger partial charge in [0, 0.05) is 61.3 Å². The molecule has 0 bridgehead atoms. The van der Waals surface area contributed by atoms with Crippen LogP contribution in [0.2, 0.25) is 0 Å². The summed E-state index contributed by atoms with van der Waals surface area (Å²) in [5.74, 6) is 0.912. The highest BCUT2D eigenvalue weighted by atomic mass is 16.6. The second-order valence-corrected chi connectivity index (χ2v) is 12.0. The third-order valence-corrected chi connectivity index (χ3v) is 8.93. The van der Waals surface area contributed by atoms with Gasteiger partial charge in [0.15, 0.2) is 5.72 Å². The Morgan fingerprint density at radius 3 is 2.36 bits per heavy atom. The number of rotatable bonds is 6.